The minimum Gasteiger partial charge on any atom is -0.490 e. The molecular weight excluding hydrogens is 529 g/mol. The molecule has 0 amide bonds. The molecule has 1 saturated heterocycles. The van der Waals surface area contributed by atoms with Crippen LogP contribution in [0, 0.1) is 5.82 Å². The van der Waals surface area contributed by atoms with Crippen molar-refractivity contribution < 1.29 is 23.4 Å². The number of carbonyl (C=O) groups excluding carboxylic acids is 1. The van der Waals surface area contributed by atoms with E-state index in [1.165, 1.54) is 24.5 Å². The van der Waals surface area contributed by atoms with Crippen LogP contribution >= 0.6 is 27.5 Å². The lowest BCUT2D eigenvalue weighted by atomic mass is 10.0. The molecule has 0 radical (unpaired) electrons. The number of allylic oxidation sites excluding steroid dienone is 2. The van der Waals surface area contributed by atoms with Gasteiger partial charge in [-0.25, -0.2) is 14.4 Å². The quantitative estimate of drug-likeness (QED) is 0.296. The van der Waals surface area contributed by atoms with Crippen molar-refractivity contribution in [2.24, 2.45) is 0 Å². The number of halogens is 3. The maximum absolute atomic E-state index is 13.5. The monoisotopic (exact) mass is 549 g/mol. The number of aromatic nitrogens is 2. The molecule has 0 bridgehead atoms. The summed E-state index contributed by atoms with van der Waals surface area (Å²) in [5.41, 5.74) is 1.87. The molecule has 3 aromatic rings. The van der Waals surface area contributed by atoms with Crippen molar-refractivity contribution in [3.8, 4) is 5.75 Å². The smallest absolute Gasteiger partial charge is 0.159 e. The maximum atomic E-state index is 13.5. The third kappa shape index (κ3) is 6.29. The first-order valence-electron chi connectivity index (χ1n) is 10.6. The largest absolute Gasteiger partial charge is 0.490 e. The van der Waals surface area contributed by atoms with Gasteiger partial charge in [0.2, 0.25) is 0 Å². The Morgan fingerprint density at radius 3 is 2.94 bits per heavy atom. The summed E-state index contributed by atoms with van der Waals surface area (Å²) in [4.78, 5) is 21.2. The molecule has 0 spiro atoms. The first kappa shape index (κ1) is 24.5. The fourth-order valence-corrected chi connectivity index (χ4v) is 3.82. The number of anilines is 2. The summed E-state index contributed by atoms with van der Waals surface area (Å²) >= 11 is 9.19. The Morgan fingerprint density at radius 2 is 2.18 bits per heavy atom. The number of carbonyl (C=O) groups is 1. The van der Waals surface area contributed by atoms with Gasteiger partial charge >= 0.3 is 0 Å². The van der Waals surface area contributed by atoms with Crippen LogP contribution in [0.15, 0.2) is 48.8 Å². The van der Waals surface area contributed by atoms with Crippen LogP contribution in [-0.4, -0.2) is 53.6 Å². The number of rotatable bonds is 9. The van der Waals surface area contributed by atoms with Gasteiger partial charge in [0.15, 0.2) is 5.78 Å². The lowest BCUT2D eigenvalue weighted by molar-refractivity contribution is -0.114. The number of fused-ring (bicyclic) bond motifs is 1. The summed E-state index contributed by atoms with van der Waals surface area (Å²) in [6, 6.07) is 7.92. The third-order valence-corrected chi connectivity index (χ3v) is 5.73. The first-order valence-corrected chi connectivity index (χ1v) is 12.1. The van der Waals surface area contributed by atoms with E-state index in [0.717, 1.165) is 0 Å². The molecule has 1 N–H and O–H groups in total. The van der Waals surface area contributed by atoms with Crippen LogP contribution in [0.5, 0.6) is 5.75 Å². The van der Waals surface area contributed by atoms with Gasteiger partial charge in [0, 0.05) is 34.5 Å². The molecule has 10 heteroatoms. The molecule has 1 aromatic heterocycles. The zero-order valence-electron chi connectivity index (χ0n) is 18.1. The second kappa shape index (κ2) is 11.7. The zero-order valence-corrected chi connectivity index (χ0v) is 20.4. The number of alkyl halides is 1. The summed E-state index contributed by atoms with van der Waals surface area (Å²) in [5.74, 6) is 0.452. The second-order valence-corrected chi connectivity index (χ2v) is 8.59. The van der Waals surface area contributed by atoms with E-state index in [2.05, 4.69) is 31.2 Å². The van der Waals surface area contributed by atoms with Crippen LogP contribution in [0.1, 0.15) is 5.56 Å². The van der Waals surface area contributed by atoms with Crippen molar-refractivity contribution in [2.45, 2.75) is 12.5 Å². The zero-order chi connectivity index (χ0) is 23.9. The summed E-state index contributed by atoms with van der Waals surface area (Å²) in [7, 11) is 0. The predicted octanol–water partition coefficient (Wildman–Crippen LogP) is 5.02. The topological polar surface area (TPSA) is 82.6 Å². The highest BCUT2D eigenvalue weighted by molar-refractivity contribution is 9.09. The van der Waals surface area contributed by atoms with Gasteiger partial charge in [-0.1, -0.05) is 33.6 Å². The average Bonchev–Trinajstić information content (AvgIpc) is 2.84. The summed E-state index contributed by atoms with van der Waals surface area (Å²) in [6.45, 7) is 1.82. The van der Waals surface area contributed by atoms with E-state index in [-0.39, 0.29) is 29.9 Å². The van der Waals surface area contributed by atoms with Crippen molar-refractivity contribution in [1.29, 1.82) is 0 Å². The van der Waals surface area contributed by atoms with E-state index >= 15 is 0 Å². The SMILES string of the molecule is O=C(/C=C/CBr)Cc1cc2c(Nc3ccc(F)c(Cl)c3)ncnc2cc1OC[C@H]1COCCO1. The van der Waals surface area contributed by atoms with Crippen molar-refractivity contribution in [3.05, 3.63) is 65.2 Å². The molecule has 0 saturated carbocycles. The highest BCUT2D eigenvalue weighted by Crippen LogP contribution is 2.31. The summed E-state index contributed by atoms with van der Waals surface area (Å²) < 4.78 is 30.7. The third-order valence-electron chi connectivity index (χ3n) is 5.07. The van der Waals surface area contributed by atoms with Gasteiger partial charge in [-0.2, -0.15) is 0 Å². The second-order valence-electron chi connectivity index (χ2n) is 7.53. The Morgan fingerprint density at radius 1 is 1.29 bits per heavy atom. The number of nitrogens with one attached hydrogen (secondary N) is 1. The minimum atomic E-state index is -0.508. The predicted molar refractivity (Wildman–Crippen MR) is 132 cm³/mol. The minimum absolute atomic E-state index is 0.00202. The van der Waals surface area contributed by atoms with Gasteiger partial charge in [-0.15, -0.1) is 0 Å². The van der Waals surface area contributed by atoms with Crippen LogP contribution in [0.2, 0.25) is 5.02 Å². The van der Waals surface area contributed by atoms with Gasteiger partial charge in [0.05, 0.1) is 30.4 Å². The number of ketones is 1. The highest BCUT2D eigenvalue weighted by Gasteiger charge is 2.18. The van der Waals surface area contributed by atoms with E-state index < -0.39 is 5.82 Å². The lowest BCUT2D eigenvalue weighted by Gasteiger charge is -2.23. The normalized spacial score (nSPS) is 16.1. The molecule has 2 heterocycles. The van der Waals surface area contributed by atoms with Crippen molar-refractivity contribution >= 4 is 55.7 Å². The number of benzene rings is 2. The molecule has 1 fully saturated rings. The summed E-state index contributed by atoms with van der Waals surface area (Å²) in [5, 5.41) is 4.41. The van der Waals surface area contributed by atoms with E-state index in [0.29, 0.717) is 58.9 Å². The van der Waals surface area contributed by atoms with Gasteiger partial charge in [0.25, 0.3) is 0 Å². The van der Waals surface area contributed by atoms with Gasteiger partial charge in [-0.3, -0.25) is 4.79 Å². The van der Waals surface area contributed by atoms with Gasteiger partial charge in [-0.05, 0) is 30.3 Å². The molecule has 178 valence electrons. The first-order chi connectivity index (χ1) is 16.5. The van der Waals surface area contributed by atoms with Crippen molar-refractivity contribution in [2.75, 3.05) is 37.1 Å². The number of hydrogen-bond acceptors (Lipinski definition) is 7. The van der Waals surface area contributed by atoms with Crippen LogP contribution < -0.4 is 10.1 Å². The van der Waals surface area contributed by atoms with Crippen LogP contribution in [0.25, 0.3) is 10.9 Å². The standard InChI is InChI=1S/C24H22BrClFN3O4/c25-5-1-2-17(31)8-15-9-19-22(11-23(15)34-13-18-12-32-6-7-33-18)28-14-29-24(19)30-16-3-4-21(27)20(26)10-16/h1-4,9-11,14,18H,5-8,12-13H2,(H,28,29,30)/b2-1+/t18-/m1/s1. The number of ether oxygens (including phenoxy) is 3. The molecule has 1 aliphatic heterocycles. The van der Waals surface area contributed by atoms with Crippen LogP contribution in [-0.2, 0) is 20.7 Å². The van der Waals surface area contributed by atoms with E-state index in [1.54, 1.807) is 18.2 Å². The Balaban J connectivity index is 1.66. The van der Waals surface area contributed by atoms with Gasteiger partial charge < -0.3 is 19.5 Å². The highest BCUT2D eigenvalue weighted by atomic mass is 79.9. The molecule has 1 aliphatic rings. The molecule has 4 rings (SSSR count). The molecule has 1 atom stereocenters. The van der Waals surface area contributed by atoms with E-state index in [9.17, 15) is 9.18 Å². The maximum Gasteiger partial charge on any atom is 0.159 e. The molecular formula is C24H22BrClFN3O4. The fourth-order valence-electron chi connectivity index (χ4n) is 3.45. The molecule has 0 unspecified atom stereocenters. The average molecular weight is 551 g/mol. The van der Waals surface area contributed by atoms with Crippen LogP contribution in [0.4, 0.5) is 15.9 Å². The Hall–Kier alpha value is -2.59. The number of hydrogen-bond donors (Lipinski definition) is 1. The Bertz CT molecular complexity index is 1200. The lowest BCUT2D eigenvalue weighted by Crippen LogP contribution is -2.33. The van der Waals surface area contributed by atoms with Crippen LogP contribution in [0.3, 0.4) is 0 Å². The molecule has 34 heavy (non-hydrogen) atoms. The Kier molecular flexibility index (Phi) is 8.44. The molecule has 0 aliphatic carbocycles. The fraction of sp³-hybridized carbons (Fsp3) is 0.292. The van der Waals surface area contributed by atoms with Crippen molar-refractivity contribution in [1.82, 2.24) is 9.97 Å². The van der Waals surface area contributed by atoms with E-state index in [1.807, 2.05) is 6.07 Å². The Labute approximate surface area is 209 Å². The van der Waals surface area contributed by atoms with Crippen molar-refractivity contribution in [3.63, 3.8) is 0 Å². The summed E-state index contributed by atoms with van der Waals surface area (Å²) in [6.07, 6.45) is 4.63. The number of nitrogens with zero attached hydrogens (tertiary/aromatic N) is 2. The molecule has 7 nitrogen and oxygen atoms in total. The van der Waals surface area contributed by atoms with E-state index in [4.69, 9.17) is 25.8 Å². The van der Waals surface area contributed by atoms with Gasteiger partial charge in [0.1, 0.15) is 36.4 Å². The molecule has 2 aromatic carbocycles.